The molecule has 0 fully saturated rings. The van der Waals surface area contributed by atoms with Crippen LogP contribution in [0.25, 0.3) is 10.8 Å². The van der Waals surface area contributed by atoms with E-state index in [0.717, 1.165) is 10.8 Å². The van der Waals surface area contributed by atoms with Crippen LogP contribution in [0.1, 0.15) is 21.6 Å². The summed E-state index contributed by atoms with van der Waals surface area (Å²) in [4.78, 5) is 22.8. The van der Waals surface area contributed by atoms with E-state index in [9.17, 15) is 4.79 Å². The van der Waals surface area contributed by atoms with E-state index in [2.05, 4.69) is 26.1 Å². The molecule has 0 N–H and O–H groups in total. The number of benzene rings is 3. The number of pyridine rings is 1. The smallest absolute Gasteiger partial charge is 0.366 e. The number of hydrogen-bond acceptors (Lipinski definition) is 8. The lowest BCUT2D eigenvalue weighted by Gasteiger charge is -2.14. The molecule has 0 radical (unpaired) electrons. The van der Waals surface area contributed by atoms with Crippen LogP contribution in [0.15, 0.2) is 76.5 Å². The quantitative estimate of drug-likeness (QED) is 0.159. The average molecular weight is 551 g/mol. The molecule has 1 heterocycles. The largest absolute Gasteiger partial charge is 0.493 e. The SMILES string of the molecule is COc1ccc(/C(=N/OC(=O)c2ccccc2Br)c2nccc3cc(OC)c(OC)cc23)cc1OC. The van der Waals surface area contributed by atoms with E-state index in [1.54, 1.807) is 77.1 Å². The van der Waals surface area contributed by atoms with Crippen molar-refractivity contribution in [1.29, 1.82) is 0 Å². The molecule has 184 valence electrons. The zero-order chi connectivity index (χ0) is 25.7. The molecule has 0 unspecified atom stereocenters. The Balaban J connectivity index is 1.90. The highest BCUT2D eigenvalue weighted by Gasteiger charge is 2.20. The van der Waals surface area contributed by atoms with Gasteiger partial charge in [0.2, 0.25) is 0 Å². The molecule has 0 saturated carbocycles. The normalized spacial score (nSPS) is 11.2. The molecule has 1 aromatic heterocycles. The number of carbonyl (C=O) groups excluding carboxylic acids is 1. The summed E-state index contributed by atoms with van der Waals surface area (Å²) < 4.78 is 22.4. The Morgan fingerprint density at radius 2 is 1.47 bits per heavy atom. The Morgan fingerprint density at radius 3 is 2.17 bits per heavy atom. The topological polar surface area (TPSA) is 88.5 Å². The highest BCUT2D eigenvalue weighted by atomic mass is 79.9. The van der Waals surface area contributed by atoms with Crippen LogP contribution in [-0.2, 0) is 4.84 Å². The molecular formula is C27H23BrN2O6. The summed E-state index contributed by atoms with van der Waals surface area (Å²) in [6, 6.07) is 17.7. The Hall–Kier alpha value is -4.11. The third kappa shape index (κ3) is 4.96. The number of hydrogen-bond donors (Lipinski definition) is 0. The molecule has 0 aliphatic carbocycles. The Kier molecular flexibility index (Phi) is 7.70. The molecule has 3 aromatic carbocycles. The van der Waals surface area contributed by atoms with Crippen molar-refractivity contribution in [3.8, 4) is 23.0 Å². The van der Waals surface area contributed by atoms with Crippen LogP contribution in [0.4, 0.5) is 0 Å². The van der Waals surface area contributed by atoms with Gasteiger partial charge in [-0.2, -0.15) is 0 Å². The average Bonchev–Trinajstić information content (AvgIpc) is 2.92. The number of carbonyl (C=O) groups is 1. The van der Waals surface area contributed by atoms with Gasteiger partial charge in [0.25, 0.3) is 0 Å². The fourth-order valence-corrected chi connectivity index (χ4v) is 4.11. The summed E-state index contributed by atoms with van der Waals surface area (Å²) in [6.45, 7) is 0. The van der Waals surface area contributed by atoms with E-state index in [4.69, 9.17) is 23.8 Å². The molecule has 0 aliphatic rings. The maximum absolute atomic E-state index is 12.8. The fourth-order valence-electron chi connectivity index (χ4n) is 3.67. The maximum atomic E-state index is 12.8. The van der Waals surface area contributed by atoms with E-state index >= 15 is 0 Å². The fraction of sp³-hybridized carbons (Fsp3) is 0.148. The van der Waals surface area contributed by atoms with Gasteiger partial charge in [0, 0.05) is 21.6 Å². The van der Waals surface area contributed by atoms with Crippen molar-refractivity contribution >= 4 is 38.4 Å². The number of nitrogens with zero attached hydrogens (tertiary/aromatic N) is 2. The predicted octanol–water partition coefficient (Wildman–Crippen LogP) is 5.64. The summed E-state index contributed by atoms with van der Waals surface area (Å²) in [5.41, 5.74) is 1.72. The van der Waals surface area contributed by atoms with Crippen LogP contribution in [-0.4, -0.2) is 45.1 Å². The van der Waals surface area contributed by atoms with Gasteiger partial charge in [-0.25, -0.2) is 4.79 Å². The molecule has 9 heteroatoms. The first-order chi connectivity index (χ1) is 17.5. The van der Waals surface area contributed by atoms with Gasteiger partial charge in [0.05, 0.1) is 34.0 Å². The minimum absolute atomic E-state index is 0.314. The van der Waals surface area contributed by atoms with Gasteiger partial charge in [-0.1, -0.05) is 17.3 Å². The van der Waals surface area contributed by atoms with Crippen LogP contribution in [0, 0.1) is 0 Å². The van der Waals surface area contributed by atoms with E-state index in [1.807, 2.05) is 18.2 Å². The zero-order valence-corrected chi connectivity index (χ0v) is 21.7. The van der Waals surface area contributed by atoms with Gasteiger partial charge in [-0.3, -0.25) is 4.98 Å². The number of halogens is 1. The number of oxime groups is 1. The van der Waals surface area contributed by atoms with E-state index < -0.39 is 5.97 Å². The minimum atomic E-state index is -0.625. The van der Waals surface area contributed by atoms with E-state index in [-0.39, 0.29) is 0 Å². The second-order valence-electron chi connectivity index (χ2n) is 7.46. The standard InChI is InChI=1S/C27H23BrN2O6/c1-32-21-10-9-17(14-22(21)33-2)25(30-36-27(31)18-7-5-6-8-20(18)28)26-19-15-24(35-4)23(34-3)13-16(19)11-12-29-26/h5-15H,1-4H3/b30-25-. The van der Waals surface area contributed by atoms with Crippen molar-refractivity contribution in [2.45, 2.75) is 0 Å². The van der Waals surface area contributed by atoms with Crippen molar-refractivity contribution in [2.24, 2.45) is 5.16 Å². The van der Waals surface area contributed by atoms with Crippen LogP contribution in [0.2, 0.25) is 0 Å². The molecular weight excluding hydrogens is 528 g/mol. The van der Waals surface area contributed by atoms with Crippen molar-refractivity contribution in [2.75, 3.05) is 28.4 Å². The Morgan fingerprint density at radius 1 is 0.806 bits per heavy atom. The van der Waals surface area contributed by atoms with Crippen molar-refractivity contribution in [3.63, 3.8) is 0 Å². The van der Waals surface area contributed by atoms with Gasteiger partial charge < -0.3 is 23.8 Å². The summed E-state index contributed by atoms with van der Waals surface area (Å²) in [6.07, 6.45) is 1.65. The van der Waals surface area contributed by atoms with Gasteiger partial charge in [0.15, 0.2) is 23.0 Å². The molecule has 0 atom stereocenters. The lowest BCUT2D eigenvalue weighted by Crippen LogP contribution is -2.11. The number of methoxy groups -OCH3 is 4. The van der Waals surface area contributed by atoms with E-state index in [0.29, 0.717) is 50.0 Å². The number of aromatic nitrogens is 1. The molecule has 0 bridgehead atoms. The molecule has 4 aromatic rings. The molecule has 8 nitrogen and oxygen atoms in total. The van der Waals surface area contributed by atoms with Crippen molar-refractivity contribution in [3.05, 3.63) is 88.2 Å². The van der Waals surface area contributed by atoms with Gasteiger partial charge in [-0.15, -0.1) is 0 Å². The summed E-state index contributed by atoms with van der Waals surface area (Å²) in [5.74, 6) is 1.51. The van der Waals surface area contributed by atoms with Crippen LogP contribution in [0.3, 0.4) is 0 Å². The number of rotatable bonds is 8. The molecule has 0 saturated heterocycles. The molecule has 36 heavy (non-hydrogen) atoms. The van der Waals surface area contributed by atoms with Gasteiger partial charge in [-0.05, 0) is 69.8 Å². The van der Waals surface area contributed by atoms with Gasteiger partial charge >= 0.3 is 5.97 Å². The summed E-state index contributed by atoms with van der Waals surface area (Å²) >= 11 is 3.37. The summed E-state index contributed by atoms with van der Waals surface area (Å²) in [7, 11) is 6.22. The Bertz CT molecular complexity index is 1450. The maximum Gasteiger partial charge on any atom is 0.366 e. The van der Waals surface area contributed by atoms with Crippen molar-refractivity contribution < 1.29 is 28.6 Å². The monoisotopic (exact) mass is 550 g/mol. The highest BCUT2D eigenvalue weighted by Crippen LogP contribution is 2.35. The first kappa shape index (κ1) is 25.0. The number of ether oxygens (including phenoxy) is 4. The van der Waals surface area contributed by atoms with Crippen LogP contribution in [0.5, 0.6) is 23.0 Å². The Labute approximate surface area is 216 Å². The zero-order valence-electron chi connectivity index (χ0n) is 20.1. The second-order valence-corrected chi connectivity index (χ2v) is 8.31. The highest BCUT2D eigenvalue weighted by molar-refractivity contribution is 9.10. The van der Waals surface area contributed by atoms with Crippen LogP contribution < -0.4 is 18.9 Å². The first-order valence-corrected chi connectivity index (χ1v) is 11.6. The van der Waals surface area contributed by atoms with Gasteiger partial charge in [0.1, 0.15) is 11.4 Å². The summed E-state index contributed by atoms with van der Waals surface area (Å²) in [5, 5.41) is 5.83. The van der Waals surface area contributed by atoms with Crippen molar-refractivity contribution in [1.82, 2.24) is 4.98 Å². The lowest BCUT2D eigenvalue weighted by molar-refractivity contribution is 0.0516. The molecule has 0 amide bonds. The third-order valence-corrected chi connectivity index (χ3v) is 6.15. The molecule has 0 aliphatic heterocycles. The third-order valence-electron chi connectivity index (χ3n) is 5.46. The second kappa shape index (κ2) is 11.1. The van der Waals surface area contributed by atoms with Crippen LogP contribution >= 0.6 is 15.9 Å². The lowest BCUT2D eigenvalue weighted by atomic mass is 10.0. The van der Waals surface area contributed by atoms with E-state index in [1.165, 1.54) is 0 Å². The predicted molar refractivity (Wildman–Crippen MR) is 140 cm³/mol. The first-order valence-electron chi connectivity index (χ1n) is 10.8. The molecule has 4 rings (SSSR count). The number of fused-ring (bicyclic) bond motifs is 1. The minimum Gasteiger partial charge on any atom is -0.493 e. The molecule has 0 spiro atoms.